The Labute approximate surface area is 125 Å². The lowest BCUT2D eigenvalue weighted by Crippen LogP contribution is -2.09. The zero-order chi connectivity index (χ0) is 14.9. The van der Waals surface area contributed by atoms with Gasteiger partial charge in [-0.15, -0.1) is 0 Å². The van der Waals surface area contributed by atoms with Gasteiger partial charge in [-0.05, 0) is 35.7 Å². The molecule has 1 N–H and O–H groups in total. The van der Waals surface area contributed by atoms with E-state index in [1.165, 1.54) is 0 Å². The van der Waals surface area contributed by atoms with Crippen molar-refractivity contribution in [2.75, 3.05) is 11.0 Å². The number of benzene rings is 1. The monoisotopic (exact) mass is 321 g/mol. The van der Waals surface area contributed by atoms with Crippen molar-refractivity contribution in [1.82, 2.24) is 10.1 Å². The Morgan fingerprint density at radius 3 is 2.52 bits per heavy atom. The van der Waals surface area contributed by atoms with Gasteiger partial charge in [-0.3, -0.25) is 4.72 Å². The van der Waals surface area contributed by atoms with E-state index in [0.717, 1.165) is 17.4 Å². The predicted octanol–water partition coefficient (Wildman–Crippen LogP) is 2.84. The van der Waals surface area contributed by atoms with E-state index in [1.807, 2.05) is 16.8 Å². The summed E-state index contributed by atoms with van der Waals surface area (Å²) in [6, 6.07) is 8.67. The SMILES string of the molecule is CS(=O)(=O)Nc1ccc(-c2noc(-c3ccsc3)n2)cc1. The molecule has 0 aliphatic carbocycles. The summed E-state index contributed by atoms with van der Waals surface area (Å²) < 4.78 is 29.9. The fourth-order valence-electron chi connectivity index (χ4n) is 1.75. The van der Waals surface area contributed by atoms with E-state index in [2.05, 4.69) is 14.9 Å². The van der Waals surface area contributed by atoms with E-state index < -0.39 is 10.0 Å². The highest BCUT2D eigenvalue weighted by atomic mass is 32.2. The maximum Gasteiger partial charge on any atom is 0.259 e. The van der Waals surface area contributed by atoms with Crippen molar-refractivity contribution in [1.29, 1.82) is 0 Å². The molecule has 0 saturated carbocycles. The molecule has 3 rings (SSSR count). The quantitative estimate of drug-likeness (QED) is 0.798. The van der Waals surface area contributed by atoms with E-state index in [1.54, 1.807) is 35.6 Å². The lowest BCUT2D eigenvalue weighted by Gasteiger charge is -2.03. The van der Waals surface area contributed by atoms with Crippen LogP contribution < -0.4 is 4.72 Å². The van der Waals surface area contributed by atoms with Gasteiger partial charge in [0.05, 0.1) is 11.8 Å². The normalized spacial score (nSPS) is 11.5. The molecule has 108 valence electrons. The van der Waals surface area contributed by atoms with Crippen molar-refractivity contribution in [3.8, 4) is 22.8 Å². The molecule has 0 amide bonds. The molecule has 2 heterocycles. The number of nitrogens with zero attached hydrogens (tertiary/aromatic N) is 2. The summed E-state index contributed by atoms with van der Waals surface area (Å²) in [6.07, 6.45) is 1.10. The van der Waals surface area contributed by atoms with Gasteiger partial charge < -0.3 is 4.52 Å². The summed E-state index contributed by atoms with van der Waals surface area (Å²) in [5.41, 5.74) is 2.12. The Bertz CT molecular complexity index is 837. The highest BCUT2D eigenvalue weighted by molar-refractivity contribution is 7.92. The van der Waals surface area contributed by atoms with Crippen molar-refractivity contribution in [2.45, 2.75) is 0 Å². The minimum absolute atomic E-state index is 0.460. The first-order valence-corrected chi connectivity index (χ1v) is 8.79. The van der Waals surface area contributed by atoms with E-state index >= 15 is 0 Å². The fourth-order valence-corrected chi connectivity index (χ4v) is 2.94. The molecule has 0 bridgehead atoms. The number of hydrogen-bond donors (Lipinski definition) is 1. The second kappa shape index (κ2) is 5.30. The molecule has 6 nitrogen and oxygen atoms in total. The number of sulfonamides is 1. The van der Waals surface area contributed by atoms with Gasteiger partial charge in [0.25, 0.3) is 5.89 Å². The molecule has 3 aromatic rings. The van der Waals surface area contributed by atoms with Gasteiger partial charge in [0, 0.05) is 16.6 Å². The lowest BCUT2D eigenvalue weighted by atomic mass is 10.2. The van der Waals surface area contributed by atoms with Gasteiger partial charge in [0.15, 0.2) is 0 Å². The third kappa shape index (κ3) is 3.29. The number of hydrogen-bond acceptors (Lipinski definition) is 6. The highest BCUT2D eigenvalue weighted by Gasteiger charge is 2.11. The van der Waals surface area contributed by atoms with Crippen molar-refractivity contribution in [3.63, 3.8) is 0 Å². The molecule has 0 unspecified atom stereocenters. The molecule has 0 atom stereocenters. The van der Waals surface area contributed by atoms with Crippen LogP contribution in [0.1, 0.15) is 0 Å². The minimum Gasteiger partial charge on any atom is -0.334 e. The van der Waals surface area contributed by atoms with E-state index in [0.29, 0.717) is 17.4 Å². The van der Waals surface area contributed by atoms with Crippen LogP contribution in [-0.2, 0) is 10.0 Å². The van der Waals surface area contributed by atoms with Crippen LogP contribution in [0, 0.1) is 0 Å². The number of aromatic nitrogens is 2. The molecule has 1 aromatic carbocycles. The van der Waals surface area contributed by atoms with Gasteiger partial charge >= 0.3 is 0 Å². The molecule has 2 aromatic heterocycles. The Morgan fingerprint density at radius 2 is 1.90 bits per heavy atom. The standard InChI is InChI=1S/C13H11N3O3S2/c1-21(17,18)16-11-4-2-9(3-5-11)12-14-13(19-15-12)10-6-7-20-8-10/h2-8,16H,1H3. The van der Waals surface area contributed by atoms with Gasteiger partial charge in [-0.1, -0.05) is 5.16 Å². The summed E-state index contributed by atoms with van der Waals surface area (Å²) in [5.74, 6) is 0.923. The van der Waals surface area contributed by atoms with E-state index in [4.69, 9.17) is 4.52 Å². The van der Waals surface area contributed by atoms with Gasteiger partial charge in [0.2, 0.25) is 15.8 Å². The molecular weight excluding hydrogens is 310 g/mol. The number of anilines is 1. The Morgan fingerprint density at radius 1 is 1.14 bits per heavy atom. The van der Waals surface area contributed by atoms with Gasteiger partial charge in [0.1, 0.15) is 0 Å². The maximum absolute atomic E-state index is 11.1. The van der Waals surface area contributed by atoms with Crippen LogP contribution in [-0.4, -0.2) is 24.8 Å². The summed E-state index contributed by atoms with van der Waals surface area (Å²) in [4.78, 5) is 4.32. The second-order valence-electron chi connectivity index (χ2n) is 4.39. The Balaban J connectivity index is 1.84. The molecule has 0 fully saturated rings. The average molecular weight is 321 g/mol. The predicted molar refractivity (Wildman–Crippen MR) is 81.5 cm³/mol. The Hall–Kier alpha value is -2.19. The molecule has 0 aliphatic rings. The summed E-state index contributed by atoms with van der Waals surface area (Å²) >= 11 is 1.55. The molecule has 0 radical (unpaired) electrons. The van der Waals surface area contributed by atoms with Crippen molar-refractivity contribution < 1.29 is 12.9 Å². The Kier molecular flexibility index (Phi) is 3.48. The number of nitrogens with one attached hydrogen (secondary N) is 1. The van der Waals surface area contributed by atoms with Crippen LogP contribution in [0.4, 0.5) is 5.69 Å². The van der Waals surface area contributed by atoms with Crippen LogP contribution in [0.5, 0.6) is 0 Å². The third-order valence-corrected chi connectivity index (χ3v) is 3.93. The van der Waals surface area contributed by atoms with E-state index in [9.17, 15) is 8.42 Å². The first-order chi connectivity index (χ1) is 10.0. The smallest absolute Gasteiger partial charge is 0.259 e. The average Bonchev–Trinajstić information content (AvgIpc) is 3.09. The topological polar surface area (TPSA) is 85.1 Å². The first kappa shape index (κ1) is 13.8. The van der Waals surface area contributed by atoms with Gasteiger partial charge in [-0.25, -0.2) is 8.42 Å². The second-order valence-corrected chi connectivity index (χ2v) is 6.92. The van der Waals surface area contributed by atoms with Crippen LogP contribution in [0.3, 0.4) is 0 Å². The maximum atomic E-state index is 11.1. The fraction of sp³-hybridized carbons (Fsp3) is 0.0769. The third-order valence-electron chi connectivity index (χ3n) is 2.64. The van der Waals surface area contributed by atoms with Crippen LogP contribution in [0.25, 0.3) is 22.8 Å². The molecule has 8 heteroatoms. The summed E-state index contributed by atoms with van der Waals surface area (Å²) in [7, 11) is -3.28. The molecule has 21 heavy (non-hydrogen) atoms. The zero-order valence-electron chi connectivity index (χ0n) is 11.0. The van der Waals surface area contributed by atoms with Crippen LogP contribution in [0.2, 0.25) is 0 Å². The van der Waals surface area contributed by atoms with Crippen molar-refractivity contribution >= 4 is 27.0 Å². The van der Waals surface area contributed by atoms with Gasteiger partial charge in [-0.2, -0.15) is 16.3 Å². The molecule has 0 spiro atoms. The highest BCUT2D eigenvalue weighted by Crippen LogP contribution is 2.24. The molecular formula is C13H11N3O3S2. The minimum atomic E-state index is -3.28. The molecule has 0 aliphatic heterocycles. The van der Waals surface area contributed by atoms with Crippen molar-refractivity contribution in [3.05, 3.63) is 41.1 Å². The summed E-state index contributed by atoms with van der Waals surface area (Å²) in [6.45, 7) is 0. The molecule has 0 saturated heterocycles. The number of thiophene rings is 1. The zero-order valence-corrected chi connectivity index (χ0v) is 12.6. The van der Waals surface area contributed by atoms with Crippen LogP contribution >= 0.6 is 11.3 Å². The summed E-state index contributed by atoms with van der Waals surface area (Å²) in [5, 5.41) is 7.79. The first-order valence-electron chi connectivity index (χ1n) is 5.96. The van der Waals surface area contributed by atoms with E-state index in [-0.39, 0.29) is 0 Å². The lowest BCUT2D eigenvalue weighted by molar-refractivity contribution is 0.432. The van der Waals surface area contributed by atoms with Crippen LogP contribution in [0.15, 0.2) is 45.6 Å². The number of rotatable bonds is 4. The largest absolute Gasteiger partial charge is 0.334 e. The van der Waals surface area contributed by atoms with Crippen molar-refractivity contribution in [2.24, 2.45) is 0 Å².